The van der Waals surface area contributed by atoms with Gasteiger partial charge in [-0.1, -0.05) is 11.6 Å². The van der Waals surface area contributed by atoms with Crippen molar-refractivity contribution in [2.24, 2.45) is 7.05 Å². The van der Waals surface area contributed by atoms with Crippen molar-refractivity contribution in [1.82, 2.24) is 14.7 Å². The first-order valence-corrected chi connectivity index (χ1v) is 9.58. The molecule has 2 aromatic rings. The largest absolute Gasteiger partial charge is 0.477 e. The van der Waals surface area contributed by atoms with Crippen LogP contribution in [0.15, 0.2) is 12.3 Å². The molecule has 1 N–H and O–H groups in total. The summed E-state index contributed by atoms with van der Waals surface area (Å²) in [6.45, 7) is 1.63. The van der Waals surface area contributed by atoms with Gasteiger partial charge in [0.15, 0.2) is 0 Å². The molecule has 0 saturated carbocycles. The molecule has 0 bridgehead atoms. The van der Waals surface area contributed by atoms with Gasteiger partial charge in [0.1, 0.15) is 10.6 Å². The molecule has 2 aliphatic heterocycles. The normalized spacial score (nSPS) is 18.8. The van der Waals surface area contributed by atoms with Gasteiger partial charge in [0.25, 0.3) is 5.91 Å². The lowest BCUT2D eigenvalue weighted by molar-refractivity contribution is -0.0927. The lowest BCUT2D eigenvalue weighted by Gasteiger charge is -2.44. The number of carbonyl (C=O) groups excluding carboxylic acids is 1. The van der Waals surface area contributed by atoms with Crippen molar-refractivity contribution in [3.05, 3.63) is 38.3 Å². The van der Waals surface area contributed by atoms with Crippen LogP contribution in [0.3, 0.4) is 0 Å². The number of carbonyl (C=O) groups is 2. The van der Waals surface area contributed by atoms with Crippen molar-refractivity contribution in [2.45, 2.75) is 24.9 Å². The Morgan fingerprint density at radius 3 is 2.73 bits per heavy atom. The molecule has 0 aromatic carbocycles. The van der Waals surface area contributed by atoms with E-state index < -0.39 is 11.6 Å². The van der Waals surface area contributed by atoms with Gasteiger partial charge in [0, 0.05) is 31.4 Å². The number of hydrogen-bond donors (Lipinski definition) is 1. The third kappa shape index (κ3) is 2.72. The Kier molecular flexibility index (Phi) is 4.29. The van der Waals surface area contributed by atoms with E-state index in [0.717, 1.165) is 16.9 Å². The molecule has 4 heterocycles. The van der Waals surface area contributed by atoms with Crippen LogP contribution in [0.1, 0.15) is 43.4 Å². The predicted octanol–water partition coefficient (Wildman–Crippen LogP) is 2.54. The zero-order valence-corrected chi connectivity index (χ0v) is 15.8. The van der Waals surface area contributed by atoms with Crippen molar-refractivity contribution in [3.63, 3.8) is 0 Å². The Balaban J connectivity index is 1.56. The van der Waals surface area contributed by atoms with E-state index in [2.05, 4.69) is 5.10 Å². The highest BCUT2D eigenvalue weighted by Crippen LogP contribution is 2.44. The topological polar surface area (TPSA) is 84.7 Å². The maximum Gasteiger partial charge on any atom is 0.345 e. The monoisotopic (exact) mass is 395 g/mol. The summed E-state index contributed by atoms with van der Waals surface area (Å²) in [5, 5.41) is 13.7. The molecular weight excluding hydrogens is 378 g/mol. The number of ether oxygens (including phenoxy) is 1. The number of amides is 1. The molecule has 26 heavy (non-hydrogen) atoms. The Hall–Kier alpha value is -1.90. The van der Waals surface area contributed by atoms with E-state index in [0.29, 0.717) is 48.1 Å². The highest BCUT2D eigenvalue weighted by atomic mass is 35.5. The van der Waals surface area contributed by atoms with Gasteiger partial charge < -0.3 is 14.7 Å². The van der Waals surface area contributed by atoms with Gasteiger partial charge in [-0.05, 0) is 24.5 Å². The van der Waals surface area contributed by atoms with E-state index in [1.807, 2.05) is 0 Å². The van der Waals surface area contributed by atoms with Crippen molar-refractivity contribution in [3.8, 4) is 0 Å². The summed E-state index contributed by atoms with van der Waals surface area (Å²) in [5.41, 5.74) is 0.874. The fourth-order valence-corrected chi connectivity index (χ4v) is 5.12. The van der Waals surface area contributed by atoms with E-state index in [1.165, 1.54) is 22.2 Å². The zero-order valence-electron chi connectivity index (χ0n) is 14.2. The van der Waals surface area contributed by atoms with Gasteiger partial charge in [-0.2, -0.15) is 5.10 Å². The average molecular weight is 396 g/mol. The maximum atomic E-state index is 12.8. The molecule has 0 aliphatic carbocycles. The smallest absolute Gasteiger partial charge is 0.345 e. The second kappa shape index (κ2) is 6.37. The summed E-state index contributed by atoms with van der Waals surface area (Å²) in [6.07, 6.45) is 3.48. The summed E-state index contributed by atoms with van der Waals surface area (Å²) in [6, 6.07) is 1.75. The van der Waals surface area contributed by atoms with E-state index in [4.69, 9.17) is 16.3 Å². The Morgan fingerprint density at radius 1 is 1.38 bits per heavy atom. The SMILES string of the molecule is Cn1ncc(Cl)c1C(=O)N1CCC2(CC1)OCCc1sc(C(=O)O)cc12. The Morgan fingerprint density at radius 2 is 2.12 bits per heavy atom. The quantitative estimate of drug-likeness (QED) is 0.844. The van der Waals surface area contributed by atoms with Crippen LogP contribution in [0.4, 0.5) is 0 Å². The van der Waals surface area contributed by atoms with Gasteiger partial charge in [-0.15, -0.1) is 11.3 Å². The molecule has 1 amide bonds. The second-order valence-corrected chi connectivity index (χ2v) is 8.15. The van der Waals surface area contributed by atoms with Crippen molar-refractivity contribution in [1.29, 1.82) is 0 Å². The summed E-state index contributed by atoms with van der Waals surface area (Å²) < 4.78 is 7.61. The van der Waals surface area contributed by atoms with E-state index in [1.54, 1.807) is 18.0 Å². The first-order valence-electron chi connectivity index (χ1n) is 8.38. The van der Waals surface area contributed by atoms with Crippen LogP contribution in [0.5, 0.6) is 0 Å². The standard InChI is InChI=1S/C17H18ClN3O4S/c1-20-14(11(18)9-19-20)15(22)21-5-3-17(4-6-21)10-8-13(16(23)24)26-12(10)2-7-25-17/h8-9H,2-7H2,1H3,(H,23,24). The minimum atomic E-state index is -0.905. The number of fused-ring (bicyclic) bond motifs is 2. The lowest BCUT2D eigenvalue weighted by Crippen LogP contribution is -2.48. The predicted molar refractivity (Wildman–Crippen MR) is 96.0 cm³/mol. The summed E-state index contributed by atoms with van der Waals surface area (Å²) in [5.74, 6) is -1.05. The van der Waals surface area contributed by atoms with Gasteiger partial charge in [-0.25, -0.2) is 4.79 Å². The third-order valence-electron chi connectivity index (χ3n) is 5.17. The third-order valence-corrected chi connectivity index (χ3v) is 6.63. The molecule has 1 saturated heterocycles. The fraction of sp³-hybridized carbons (Fsp3) is 0.471. The molecule has 4 rings (SSSR count). The van der Waals surface area contributed by atoms with Crippen molar-refractivity contribution < 1.29 is 19.4 Å². The molecule has 0 atom stereocenters. The molecule has 2 aliphatic rings. The molecule has 0 unspecified atom stereocenters. The number of thiophene rings is 1. The lowest BCUT2D eigenvalue weighted by atomic mass is 9.82. The van der Waals surface area contributed by atoms with Crippen molar-refractivity contribution in [2.75, 3.05) is 19.7 Å². The summed E-state index contributed by atoms with van der Waals surface area (Å²) in [4.78, 5) is 27.3. The average Bonchev–Trinajstić information content (AvgIpc) is 3.20. The van der Waals surface area contributed by atoms with E-state index in [-0.39, 0.29) is 5.91 Å². The Labute approximate surface area is 159 Å². The van der Waals surface area contributed by atoms with E-state index >= 15 is 0 Å². The number of aryl methyl sites for hydroxylation is 1. The Bertz CT molecular complexity index is 863. The van der Waals surface area contributed by atoms with Crippen LogP contribution >= 0.6 is 22.9 Å². The maximum absolute atomic E-state index is 12.8. The minimum absolute atomic E-state index is 0.141. The number of carboxylic acid groups (broad SMARTS) is 1. The molecule has 138 valence electrons. The van der Waals surface area contributed by atoms with Crippen LogP contribution in [-0.2, 0) is 23.8 Å². The summed E-state index contributed by atoms with van der Waals surface area (Å²) in [7, 11) is 1.69. The van der Waals surface area contributed by atoms with Crippen molar-refractivity contribution >= 4 is 34.8 Å². The fourth-order valence-electron chi connectivity index (χ4n) is 3.81. The number of hydrogen-bond acceptors (Lipinski definition) is 5. The number of halogens is 1. The number of nitrogens with zero attached hydrogens (tertiary/aromatic N) is 3. The number of rotatable bonds is 2. The van der Waals surface area contributed by atoms with Gasteiger partial charge >= 0.3 is 5.97 Å². The number of aromatic carboxylic acids is 1. The van der Waals surface area contributed by atoms with Gasteiger partial charge in [-0.3, -0.25) is 9.48 Å². The second-order valence-electron chi connectivity index (χ2n) is 6.60. The highest BCUT2D eigenvalue weighted by molar-refractivity contribution is 7.14. The molecule has 2 aromatic heterocycles. The van der Waals surface area contributed by atoms with Crippen LogP contribution in [0.2, 0.25) is 5.02 Å². The summed E-state index contributed by atoms with van der Waals surface area (Å²) >= 11 is 7.42. The number of aromatic nitrogens is 2. The molecule has 0 radical (unpaired) electrons. The zero-order chi connectivity index (χ0) is 18.5. The van der Waals surface area contributed by atoms with Crippen LogP contribution < -0.4 is 0 Å². The minimum Gasteiger partial charge on any atom is -0.477 e. The highest BCUT2D eigenvalue weighted by Gasteiger charge is 2.43. The van der Waals surface area contributed by atoms with Crippen LogP contribution in [0, 0.1) is 0 Å². The molecule has 9 heteroatoms. The van der Waals surface area contributed by atoms with Gasteiger partial charge in [0.2, 0.25) is 0 Å². The van der Waals surface area contributed by atoms with E-state index in [9.17, 15) is 14.7 Å². The first-order chi connectivity index (χ1) is 12.4. The molecule has 1 spiro atoms. The number of carboxylic acids is 1. The number of likely N-dealkylation sites (tertiary alicyclic amines) is 1. The number of piperidine rings is 1. The van der Waals surface area contributed by atoms with Crippen LogP contribution in [-0.4, -0.2) is 51.4 Å². The first kappa shape index (κ1) is 17.5. The molecular formula is C17H18ClN3O4S. The van der Waals surface area contributed by atoms with Crippen LogP contribution in [0.25, 0.3) is 0 Å². The van der Waals surface area contributed by atoms with Gasteiger partial charge in [0.05, 0.1) is 23.4 Å². The molecule has 7 nitrogen and oxygen atoms in total. The molecule has 1 fully saturated rings.